The van der Waals surface area contributed by atoms with Gasteiger partial charge in [-0.15, -0.1) is 0 Å². The number of nitrogens with one attached hydrogen (secondary N) is 1. The third-order valence-electron chi connectivity index (χ3n) is 12.2. The van der Waals surface area contributed by atoms with Gasteiger partial charge in [0, 0.05) is 83.6 Å². The Kier molecular flexibility index (Phi) is 14.3. The molecule has 1 unspecified atom stereocenters. The van der Waals surface area contributed by atoms with Gasteiger partial charge in [0.25, 0.3) is 11.5 Å². The number of hydrogen-bond donors (Lipinski definition) is 1. The Hall–Kier alpha value is -5.06. The van der Waals surface area contributed by atoms with Crippen LogP contribution in [0.2, 0.25) is 0 Å². The molecule has 16 heteroatoms. The van der Waals surface area contributed by atoms with E-state index >= 15 is 4.39 Å². The standard InChI is InChI=1S/C45H58FN7O8/c1-45(2,3)61-44(58)47-28-37(31-14-24-59-25-15-31)43(57)52-18-12-33(13-19-52)60-32-10-16-50(17-11-32)29-40(54)51-20-22-53(23-21-51)42(56)36-26-30(8-9-38(36)46)27-39-34-6-4-5-7-35(34)41(55)49-48-39/h4-9,26,28,31-33,37H,10-25,27,29H2,1-3H3,(H,49,55)/b47-28+. The predicted octanol–water partition coefficient (Wildman–Crippen LogP) is 4.46. The summed E-state index contributed by atoms with van der Waals surface area (Å²) in [4.78, 5) is 76.6. The molecule has 0 saturated carbocycles. The number of piperazine rings is 1. The fourth-order valence-corrected chi connectivity index (χ4v) is 8.76. The summed E-state index contributed by atoms with van der Waals surface area (Å²) in [5, 5.41) is 7.96. The Balaban J connectivity index is 0.829. The highest BCUT2D eigenvalue weighted by Gasteiger charge is 2.35. The first kappa shape index (κ1) is 44.0. The van der Waals surface area contributed by atoms with Crippen molar-refractivity contribution in [1.82, 2.24) is 29.8 Å². The first-order valence-electron chi connectivity index (χ1n) is 21.6. The number of benzene rings is 2. The van der Waals surface area contributed by atoms with Gasteiger partial charge in [-0.25, -0.2) is 14.3 Å². The summed E-state index contributed by atoms with van der Waals surface area (Å²) in [6.07, 6.45) is 5.75. The van der Waals surface area contributed by atoms with E-state index in [0.29, 0.717) is 80.9 Å². The lowest BCUT2D eigenvalue weighted by molar-refractivity contribution is -0.140. The van der Waals surface area contributed by atoms with Crippen molar-refractivity contribution in [3.8, 4) is 0 Å². The van der Waals surface area contributed by atoms with Crippen molar-refractivity contribution in [3.63, 3.8) is 0 Å². The number of aromatic amines is 1. The number of halogens is 1. The maximum Gasteiger partial charge on any atom is 0.433 e. The van der Waals surface area contributed by atoms with E-state index in [9.17, 15) is 24.0 Å². The number of carbonyl (C=O) groups excluding carboxylic acids is 4. The smallest absolute Gasteiger partial charge is 0.433 e. The Morgan fingerprint density at radius 3 is 2.18 bits per heavy atom. The number of ether oxygens (including phenoxy) is 3. The van der Waals surface area contributed by atoms with E-state index in [-0.39, 0.29) is 47.6 Å². The molecule has 4 aliphatic rings. The number of piperidine rings is 2. The van der Waals surface area contributed by atoms with E-state index in [1.165, 1.54) is 12.3 Å². The highest BCUT2D eigenvalue weighted by molar-refractivity contribution is 5.97. The van der Waals surface area contributed by atoms with Gasteiger partial charge in [-0.05, 0) is 89.0 Å². The van der Waals surface area contributed by atoms with E-state index in [0.717, 1.165) is 51.6 Å². The average molecular weight is 844 g/mol. The van der Waals surface area contributed by atoms with Crippen molar-refractivity contribution >= 4 is 40.8 Å². The molecule has 4 amide bonds. The fraction of sp³-hybridized carbons (Fsp3) is 0.578. The first-order valence-corrected chi connectivity index (χ1v) is 21.6. The summed E-state index contributed by atoms with van der Waals surface area (Å²) in [5.41, 5.74) is 0.322. The highest BCUT2D eigenvalue weighted by atomic mass is 19.1. The maximum absolute atomic E-state index is 15.0. The summed E-state index contributed by atoms with van der Waals surface area (Å²) >= 11 is 0. The molecule has 1 aromatic heterocycles. The van der Waals surface area contributed by atoms with E-state index < -0.39 is 29.3 Å². The first-order chi connectivity index (χ1) is 29.3. The maximum atomic E-state index is 15.0. The summed E-state index contributed by atoms with van der Waals surface area (Å²) in [7, 11) is 0. The van der Waals surface area contributed by atoms with Crippen LogP contribution in [-0.2, 0) is 30.2 Å². The Labute approximate surface area is 355 Å². The van der Waals surface area contributed by atoms with Crippen LogP contribution in [-0.4, -0.2) is 150 Å². The van der Waals surface area contributed by atoms with Gasteiger partial charge in [0.15, 0.2) is 0 Å². The van der Waals surface area contributed by atoms with Gasteiger partial charge in [-0.1, -0.05) is 24.3 Å². The molecule has 61 heavy (non-hydrogen) atoms. The van der Waals surface area contributed by atoms with E-state index in [2.05, 4.69) is 20.1 Å². The number of rotatable bonds is 10. The second kappa shape index (κ2) is 19.8. The van der Waals surface area contributed by atoms with Gasteiger partial charge in [-0.2, -0.15) is 10.1 Å². The third-order valence-corrected chi connectivity index (χ3v) is 12.2. The van der Waals surface area contributed by atoms with Gasteiger partial charge in [0.2, 0.25) is 11.8 Å². The molecule has 0 bridgehead atoms. The number of likely N-dealkylation sites (tertiary alicyclic amines) is 2. The lowest BCUT2D eigenvalue weighted by atomic mass is 9.85. The minimum Gasteiger partial charge on any atom is -0.442 e. The molecule has 2 aromatic carbocycles. The molecular formula is C45H58FN7O8. The summed E-state index contributed by atoms with van der Waals surface area (Å²) in [5.74, 6) is -1.51. The number of hydrogen-bond acceptors (Lipinski definition) is 10. The topological polar surface area (TPSA) is 167 Å². The molecule has 328 valence electrons. The molecule has 0 aliphatic carbocycles. The fourth-order valence-electron chi connectivity index (χ4n) is 8.76. The van der Waals surface area contributed by atoms with Crippen molar-refractivity contribution in [1.29, 1.82) is 0 Å². The molecule has 0 spiro atoms. The lowest BCUT2D eigenvalue weighted by Gasteiger charge is -2.39. The number of carbonyl (C=O) groups is 4. The average Bonchev–Trinajstić information content (AvgIpc) is 3.26. The van der Waals surface area contributed by atoms with Crippen LogP contribution in [0.1, 0.15) is 80.9 Å². The summed E-state index contributed by atoms with van der Waals surface area (Å²) in [6, 6.07) is 11.6. The summed E-state index contributed by atoms with van der Waals surface area (Å²) in [6.45, 7) is 10.7. The molecule has 4 saturated heterocycles. The molecule has 3 aromatic rings. The number of H-pyrrole nitrogens is 1. The zero-order chi connectivity index (χ0) is 43.1. The summed E-state index contributed by atoms with van der Waals surface area (Å²) < 4.78 is 32.4. The van der Waals surface area contributed by atoms with E-state index in [4.69, 9.17) is 14.2 Å². The monoisotopic (exact) mass is 843 g/mol. The van der Waals surface area contributed by atoms with Crippen LogP contribution in [0.15, 0.2) is 52.3 Å². The number of fused-ring (bicyclic) bond motifs is 1. The minimum absolute atomic E-state index is 0.00695. The van der Waals surface area contributed by atoms with Gasteiger partial charge in [0.1, 0.15) is 11.4 Å². The number of aliphatic imine (C=N–C) groups is 1. The van der Waals surface area contributed by atoms with Gasteiger partial charge >= 0.3 is 6.09 Å². The van der Waals surface area contributed by atoms with E-state index in [1.807, 2.05) is 17.0 Å². The zero-order valence-electron chi connectivity index (χ0n) is 35.5. The normalized spacial score (nSPS) is 19.7. The second-order valence-electron chi connectivity index (χ2n) is 17.6. The molecule has 0 radical (unpaired) electrons. The van der Waals surface area contributed by atoms with Gasteiger partial charge < -0.3 is 28.9 Å². The largest absolute Gasteiger partial charge is 0.442 e. The molecule has 15 nitrogen and oxygen atoms in total. The molecule has 1 atom stereocenters. The minimum atomic E-state index is -0.696. The number of amides is 4. The Bertz CT molecular complexity index is 2130. The van der Waals surface area contributed by atoms with Crippen molar-refractivity contribution < 1.29 is 37.8 Å². The number of aromatic nitrogens is 2. The second-order valence-corrected chi connectivity index (χ2v) is 17.6. The van der Waals surface area contributed by atoms with Crippen molar-refractivity contribution in [2.75, 3.05) is 72.1 Å². The van der Waals surface area contributed by atoms with E-state index in [1.54, 1.807) is 54.8 Å². The molecule has 7 rings (SSSR count). The van der Waals surface area contributed by atoms with Crippen LogP contribution in [0.5, 0.6) is 0 Å². The van der Waals surface area contributed by atoms with Crippen LogP contribution in [0.3, 0.4) is 0 Å². The zero-order valence-corrected chi connectivity index (χ0v) is 35.5. The predicted molar refractivity (Wildman–Crippen MR) is 226 cm³/mol. The Morgan fingerprint density at radius 1 is 0.869 bits per heavy atom. The number of nitrogens with zero attached hydrogens (tertiary/aromatic N) is 6. The lowest BCUT2D eigenvalue weighted by Crippen LogP contribution is -2.53. The van der Waals surface area contributed by atoms with Crippen LogP contribution in [0.4, 0.5) is 9.18 Å². The third kappa shape index (κ3) is 11.5. The molecule has 5 heterocycles. The van der Waals surface area contributed by atoms with Gasteiger partial charge in [-0.3, -0.25) is 24.1 Å². The van der Waals surface area contributed by atoms with Gasteiger partial charge in [0.05, 0.1) is 41.3 Å². The van der Waals surface area contributed by atoms with Crippen molar-refractivity contribution in [2.24, 2.45) is 16.8 Å². The molecule has 4 fully saturated rings. The van der Waals surface area contributed by atoms with Crippen molar-refractivity contribution in [2.45, 2.75) is 83.5 Å². The molecular weight excluding hydrogens is 786 g/mol. The van der Waals surface area contributed by atoms with Crippen LogP contribution in [0, 0.1) is 17.7 Å². The quantitative estimate of drug-likeness (QED) is 0.288. The Morgan fingerprint density at radius 2 is 1.51 bits per heavy atom. The molecule has 4 aliphatic heterocycles. The SMILES string of the molecule is CC(C)(C)OC(=O)/N=C/C(C(=O)N1CCC(OC2CCN(CC(=O)N3CCN(C(=O)c4cc(Cc5n[nH]c(=O)c6ccccc56)ccc4F)CC3)CC2)CC1)C1CCOCC1. The molecule has 1 N–H and O–H groups in total. The van der Waals surface area contributed by atoms with Crippen LogP contribution >= 0.6 is 0 Å². The van der Waals surface area contributed by atoms with Crippen LogP contribution < -0.4 is 5.56 Å². The van der Waals surface area contributed by atoms with Crippen molar-refractivity contribution in [3.05, 3.63) is 75.5 Å². The van der Waals surface area contributed by atoms with Crippen LogP contribution in [0.25, 0.3) is 10.8 Å². The highest BCUT2D eigenvalue weighted by Crippen LogP contribution is 2.28.